The highest BCUT2D eigenvalue weighted by Gasteiger charge is 2.32. The Balaban J connectivity index is 1.60. The molecular formula is C21H26N4O. The minimum absolute atomic E-state index is 0.312. The standard InChI is InChI=1S/C21H26N4O/c26-16-7-3-5-14(11-16)13-25-21-19(20(24-25)18-9-4-10-22-18)17-8-2-1-6-15(17)12-23-21/h3,5,7,11,18,22-23,26H,1-2,4,6,8-10,12-13H2. The number of nitrogens with one attached hydrogen (secondary N) is 2. The zero-order valence-corrected chi connectivity index (χ0v) is 15.1. The van der Waals surface area contributed by atoms with Crippen molar-refractivity contribution in [3.63, 3.8) is 0 Å². The van der Waals surface area contributed by atoms with Crippen molar-refractivity contribution in [3.05, 3.63) is 46.7 Å². The van der Waals surface area contributed by atoms with Gasteiger partial charge in [0, 0.05) is 12.1 Å². The van der Waals surface area contributed by atoms with E-state index in [1.54, 1.807) is 17.2 Å². The maximum atomic E-state index is 9.80. The first-order valence-electron chi connectivity index (χ1n) is 9.87. The SMILES string of the molecule is Oc1cccc(Cn2nc(C3CCCN3)c3c2NCC2=C3CCCC2)c1. The summed E-state index contributed by atoms with van der Waals surface area (Å²) < 4.78 is 2.11. The molecule has 3 aliphatic rings. The van der Waals surface area contributed by atoms with Crippen LogP contribution in [0, 0.1) is 0 Å². The molecule has 3 heterocycles. The van der Waals surface area contributed by atoms with Crippen LogP contribution in [-0.4, -0.2) is 28.0 Å². The minimum atomic E-state index is 0.312. The predicted molar refractivity (Wildman–Crippen MR) is 103 cm³/mol. The number of fused-ring (bicyclic) bond motifs is 2. The van der Waals surface area contributed by atoms with Crippen LogP contribution in [0.15, 0.2) is 29.8 Å². The molecule has 2 aliphatic heterocycles. The van der Waals surface area contributed by atoms with E-state index < -0.39 is 0 Å². The van der Waals surface area contributed by atoms with Gasteiger partial charge in [0.05, 0.1) is 18.3 Å². The number of hydrogen-bond acceptors (Lipinski definition) is 4. The molecule has 1 aromatic heterocycles. The van der Waals surface area contributed by atoms with E-state index in [1.165, 1.54) is 43.4 Å². The van der Waals surface area contributed by atoms with Gasteiger partial charge in [-0.3, -0.25) is 0 Å². The zero-order valence-electron chi connectivity index (χ0n) is 15.1. The van der Waals surface area contributed by atoms with E-state index in [1.807, 2.05) is 12.1 Å². The van der Waals surface area contributed by atoms with Crippen molar-refractivity contribution in [2.45, 2.75) is 51.1 Å². The first-order valence-corrected chi connectivity index (χ1v) is 9.87. The van der Waals surface area contributed by atoms with Crippen molar-refractivity contribution in [2.75, 3.05) is 18.4 Å². The molecule has 0 bridgehead atoms. The third-order valence-electron chi connectivity index (χ3n) is 5.97. The molecule has 5 heteroatoms. The molecule has 5 rings (SSSR count). The second-order valence-electron chi connectivity index (χ2n) is 7.73. The highest BCUT2D eigenvalue weighted by Crippen LogP contribution is 2.43. The summed E-state index contributed by atoms with van der Waals surface area (Å²) >= 11 is 0. The van der Waals surface area contributed by atoms with Crippen LogP contribution in [0.1, 0.15) is 61.4 Å². The van der Waals surface area contributed by atoms with Crippen LogP contribution in [0.25, 0.3) is 5.57 Å². The molecule has 1 unspecified atom stereocenters. The van der Waals surface area contributed by atoms with Crippen molar-refractivity contribution >= 4 is 11.4 Å². The number of aromatic nitrogens is 2. The third-order valence-corrected chi connectivity index (χ3v) is 5.97. The summed E-state index contributed by atoms with van der Waals surface area (Å²) in [5.74, 6) is 1.48. The number of phenols is 1. The number of rotatable bonds is 3. The van der Waals surface area contributed by atoms with Gasteiger partial charge in [0.2, 0.25) is 0 Å². The second kappa shape index (κ2) is 6.47. The average Bonchev–Trinajstić information content (AvgIpc) is 3.30. The van der Waals surface area contributed by atoms with Crippen LogP contribution in [0.2, 0.25) is 0 Å². The zero-order chi connectivity index (χ0) is 17.5. The number of allylic oxidation sites excluding steroid dienone is 1. The van der Waals surface area contributed by atoms with E-state index in [9.17, 15) is 5.11 Å². The van der Waals surface area contributed by atoms with Gasteiger partial charge in [0.25, 0.3) is 0 Å². The lowest BCUT2D eigenvalue weighted by atomic mass is 9.84. The molecule has 1 fully saturated rings. The Kier molecular flexibility index (Phi) is 3.97. The molecule has 136 valence electrons. The normalized spacial score (nSPS) is 22.1. The molecule has 0 saturated carbocycles. The van der Waals surface area contributed by atoms with Crippen molar-refractivity contribution in [3.8, 4) is 5.75 Å². The first kappa shape index (κ1) is 15.9. The number of nitrogens with zero attached hydrogens (tertiary/aromatic N) is 2. The summed E-state index contributed by atoms with van der Waals surface area (Å²) in [6, 6.07) is 7.86. The number of phenolic OH excluding ortho intramolecular Hbond substituents is 1. The molecule has 5 nitrogen and oxygen atoms in total. The fourth-order valence-corrected chi connectivity index (χ4v) is 4.72. The van der Waals surface area contributed by atoms with Crippen LogP contribution in [0.4, 0.5) is 5.82 Å². The molecule has 26 heavy (non-hydrogen) atoms. The van der Waals surface area contributed by atoms with Gasteiger partial charge >= 0.3 is 0 Å². The van der Waals surface area contributed by atoms with E-state index in [-0.39, 0.29) is 0 Å². The summed E-state index contributed by atoms with van der Waals surface area (Å²) in [4.78, 5) is 0. The Labute approximate surface area is 154 Å². The van der Waals surface area contributed by atoms with Gasteiger partial charge in [-0.15, -0.1) is 0 Å². The van der Waals surface area contributed by atoms with E-state index in [4.69, 9.17) is 5.10 Å². The van der Waals surface area contributed by atoms with E-state index in [0.29, 0.717) is 18.3 Å². The van der Waals surface area contributed by atoms with Gasteiger partial charge in [0.1, 0.15) is 11.6 Å². The monoisotopic (exact) mass is 350 g/mol. The van der Waals surface area contributed by atoms with Gasteiger partial charge in [-0.1, -0.05) is 12.1 Å². The molecule has 1 aliphatic carbocycles. The Morgan fingerprint density at radius 3 is 2.96 bits per heavy atom. The lowest BCUT2D eigenvalue weighted by Crippen LogP contribution is -2.20. The topological polar surface area (TPSA) is 62.1 Å². The fraction of sp³-hybridized carbons (Fsp3) is 0.476. The summed E-state index contributed by atoms with van der Waals surface area (Å²) in [6.07, 6.45) is 7.38. The van der Waals surface area contributed by atoms with Gasteiger partial charge in [0.15, 0.2) is 0 Å². The van der Waals surface area contributed by atoms with Crippen LogP contribution >= 0.6 is 0 Å². The maximum absolute atomic E-state index is 9.80. The molecular weight excluding hydrogens is 324 g/mol. The second-order valence-corrected chi connectivity index (χ2v) is 7.73. The van der Waals surface area contributed by atoms with Gasteiger partial charge in [-0.25, -0.2) is 4.68 Å². The van der Waals surface area contributed by atoms with E-state index in [2.05, 4.69) is 21.4 Å². The molecule has 1 saturated heterocycles. The number of anilines is 1. The highest BCUT2D eigenvalue weighted by atomic mass is 16.3. The largest absolute Gasteiger partial charge is 0.508 e. The quantitative estimate of drug-likeness (QED) is 0.788. The van der Waals surface area contributed by atoms with Gasteiger partial charge < -0.3 is 15.7 Å². The van der Waals surface area contributed by atoms with Crippen molar-refractivity contribution in [1.82, 2.24) is 15.1 Å². The molecule has 2 aromatic rings. The van der Waals surface area contributed by atoms with Crippen molar-refractivity contribution < 1.29 is 5.11 Å². The number of hydrogen-bond donors (Lipinski definition) is 3. The molecule has 0 radical (unpaired) electrons. The smallest absolute Gasteiger partial charge is 0.132 e. The average molecular weight is 350 g/mol. The van der Waals surface area contributed by atoms with Crippen LogP contribution in [0.3, 0.4) is 0 Å². The third kappa shape index (κ3) is 2.71. The van der Waals surface area contributed by atoms with Crippen LogP contribution < -0.4 is 10.6 Å². The molecule has 0 amide bonds. The lowest BCUT2D eigenvalue weighted by Gasteiger charge is -2.28. The summed E-state index contributed by atoms with van der Waals surface area (Å²) in [5, 5.41) is 22.2. The van der Waals surface area contributed by atoms with Gasteiger partial charge in [-0.2, -0.15) is 5.10 Å². The predicted octanol–water partition coefficient (Wildman–Crippen LogP) is 3.81. The van der Waals surface area contributed by atoms with E-state index in [0.717, 1.165) is 30.9 Å². The summed E-state index contributed by atoms with van der Waals surface area (Å²) in [7, 11) is 0. The van der Waals surface area contributed by atoms with Crippen molar-refractivity contribution in [1.29, 1.82) is 0 Å². The Morgan fingerprint density at radius 1 is 1.19 bits per heavy atom. The van der Waals surface area contributed by atoms with Crippen LogP contribution in [-0.2, 0) is 6.54 Å². The lowest BCUT2D eigenvalue weighted by molar-refractivity contribution is 0.474. The fourth-order valence-electron chi connectivity index (χ4n) is 4.72. The number of aromatic hydroxyl groups is 1. The highest BCUT2D eigenvalue weighted by molar-refractivity contribution is 5.82. The Bertz CT molecular complexity index is 861. The molecule has 1 atom stereocenters. The molecule has 1 aromatic carbocycles. The number of benzene rings is 1. The first-order chi connectivity index (χ1) is 12.8. The Morgan fingerprint density at radius 2 is 2.12 bits per heavy atom. The van der Waals surface area contributed by atoms with E-state index >= 15 is 0 Å². The minimum Gasteiger partial charge on any atom is -0.508 e. The van der Waals surface area contributed by atoms with Crippen LogP contribution in [0.5, 0.6) is 5.75 Å². The molecule has 3 N–H and O–H groups in total. The summed E-state index contributed by atoms with van der Waals surface area (Å²) in [5.41, 5.74) is 6.80. The van der Waals surface area contributed by atoms with Gasteiger partial charge in [-0.05, 0) is 73.9 Å². The van der Waals surface area contributed by atoms with Crippen molar-refractivity contribution in [2.24, 2.45) is 0 Å². The Hall–Kier alpha value is -2.27. The maximum Gasteiger partial charge on any atom is 0.132 e. The summed E-state index contributed by atoms with van der Waals surface area (Å²) in [6.45, 7) is 2.71. The molecule has 0 spiro atoms.